The van der Waals surface area contributed by atoms with Gasteiger partial charge in [-0.25, -0.2) is 0 Å². The lowest BCUT2D eigenvalue weighted by molar-refractivity contribution is -0.248. The van der Waals surface area contributed by atoms with E-state index in [1.165, 1.54) is 0 Å². The fourth-order valence-electron chi connectivity index (χ4n) is 0.335. The summed E-state index contributed by atoms with van der Waals surface area (Å²) in [5, 5.41) is 8.76. The Morgan fingerprint density at radius 2 is 1.83 bits per heavy atom. The van der Waals surface area contributed by atoms with E-state index < -0.39 is 24.3 Å². The molecule has 7 heteroatoms. The van der Waals surface area contributed by atoms with E-state index in [4.69, 9.17) is 16.6 Å². The summed E-state index contributed by atoms with van der Waals surface area (Å²) in [4.78, 5) is 3.06. The quantitative estimate of drug-likeness (QED) is 0.403. The second-order valence-electron chi connectivity index (χ2n) is 2.51. The molecule has 0 saturated carbocycles. The van der Waals surface area contributed by atoms with Crippen LogP contribution in [0.3, 0.4) is 0 Å². The van der Waals surface area contributed by atoms with E-state index in [0.717, 1.165) is 0 Å². The average Bonchev–Trinajstić information content (AvgIpc) is 1.81. The normalized spacial score (nSPS) is 16.8. The summed E-state index contributed by atoms with van der Waals surface area (Å²) in [7, 11) is 0. The minimum Gasteiger partial charge on any atom is -0.379 e. The smallest absolute Gasteiger partial charge is 0.379 e. The summed E-state index contributed by atoms with van der Waals surface area (Å²) in [6.45, 7) is -0.293. The molecular weight excluding hydrogens is 175 g/mol. The van der Waals surface area contributed by atoms with Gasteiger partial charge in [0.1, 0.15) is 0 Å². The number of hydrogen-bond acceptors (Lipinski definition) is 2. The molecule has 0 amide bonds. The predicted molar refractivity (Wildman–Crippen MR) is 37.4 cm³/mol. The van der Waals surface area contributed by atoms with E-state index in [1.807, 2.05) is 0 Å². The summed E-state index contributed by atoms with van der Waals surface area (Å²) in [5.74, 6) is -0.487. The van der Waals surface area contributed by atoms with Crippen molar-refractivity contribution in [2.75, 3.05) is 6.54 Å². The molecule has 12 heavy (non-hydrogen) atoms. The zero-order valence-corrected chi connectivity index (χ0v) is 6.39. The van der Waals surface area contributed by atoms with Gasteiger partial charge in [0.25, 0.3) is 0 Å². The number of nitrogens with two attached hydrogens (primary N) is 2. The van der Waals surface area contributed by atoms with E-state index in [0.29, 0.717) is 6.92 Å². The largest absolute Gasteiger partial charge is 0.418 e. The maximum atomic E-state index is 11.9. The topological polar surface area (TPSA) is 84.6 Å². The zero-order chi connectivity index (χ0) is 9.99. The zero-order valence-electron chi connectivity index (χ0n) is 6.39. The minimum absolute atomic E-state index is 0.487. The Kier molecular flexibility index (Phi) is 2.92. The Morgan fingerprint density at radius 3 is 2.08 bits per heavy atom. The molecular formula is C5H10F3N3O. The standard InChI is InChI=1S/C5H10F3N3O/c1-4(12,5(6,7)8)2-11-3(9)10/h12H,2H2,1H3,(H4,9,10,11). The van der Waals surface area contributed by atoms with Gasteiger partial charge in [0.15, 0.2) is 11.6 Å². The Hall–Kier alpha value is -0.980. The first-order valence-electron chi connectivity index (χ1n) is 3.01. The van der Waals surface area contributed by atoms with Crippen LogP contribution in [0.1, 0.15) is 6.92 Å². The van der Waals surface area contributed by atoms with Gasteiger partial charge < -0.3 is 16.6 Å². The second kappa shape index (κ2) is 3.18. The van der Waals surface area contributed by atoms with Gasteiger partial charge in [-0.05, 0) is 6.92 Å². The van der Waals surface area contributed by atoms with E-state index in [1.54, 1.807) is 0 Å². The fraction of sp³-hybridized carbons (Fsp3) is 0.800. The number of aliphatic imine (C=N–C) groups is 1. The third-order valence-electron chi connectivity index (χ3n) is 1.18. The third kappa shape index (κ3) is 2.95. The van der Waals surface area contributed by atoms with Crippen LogP contribution in [0.2, 0.25) is 0 Å². The second-order valence-corrected chi connectivity index (χ2v) is 2.51. The molecule has 0 bridgehead atoms. The van der Waals surface area contributed by atoms with Crippen molar-refractivity contribution in [3.05, 3.63) is 0 Å². The summed E-state index contributed by atoms with van der Waals surface area (Å²) in [5.41, 5.74) is 6.71. The average molecular weight is 185 g/mol. The molecule has 0 aromatic rings. The first-order valence-corrected chi connectivity index (χ1v) is 3.01. The van der Waals surface area contributed by atoms with E-state index in [9.17, 15) is 13.2 Å². The summed E-state index contributed by atoms with van der Waals surface area (Å²) < 4.78 is 35.6. The highest BCUT2D eigenvalue weighted by Gasteiger charge is 2.49. The molecule has 0 aromatic carbocycles. The van der Waals surface area contributed by atoms with Crippen LogP contribution in [-0.2, 0) is 0 Å². The molecule has 0 aliphatic rings. The molecule has 0 fully saturated rings. The van der Waals surface area contributed by atoms with Crippen molar-refractivity contribution in [2.24, 2.45) is 16.5 Å². The number of hydrogen-bond donors (Lipinski definition) is 3. The minimum atomic E-state index is -4.73. The summed E-state index contributed by atoms with van der Waals surface area (Å²) in [6, 6.07) is 0. The van der Waals surface area contributed by atoms with Gasteiger partial charge in [-0.3, -0.25) is 4.99 Å². The summed E-state index contributed by atoms with van der Waals surface area (Å²) in [6.07, 6.45) is -4.73. The molecule has 0 aliphatic carbocycles. The van der Waals surface area contributed by atoms with Crippen LogP contribution in [0.5, 0.6) is 0 Å². The fourth-order valence-corrected chi connectivity index (χ4v) is 0.335. The molecule has 0 aliphatic heterocycles. The van der Waals surface area contributed by atoms with Crippen molar-refractivity contribution < 1.29 is 18.3 Å². The Labute approximate surface area is 67.1 Å². The lowest BCUT2D eigenvalue weighted by Crippen LogP contribution is -2.45. The van der Waals surface area contributed by atoms with Crippen molar-refractivity contribution in [2.45, 2.75) is 18.7 Å². The van der Waals surface area contributed by atoms with Gasteiger partial charge in [-0.1, -0.05) is 0 Å². The van der Waals surface area contributed by atoms with Crippen LogP contribution in [0.15, 0.2) is 4.99 Å². The van der Waals surface area contributed by atoms with Crippen molar-refractivity contribution in [1.82, 2.24) is 0 Å². The number of nitrogens with zero attached hydrogens (tertiary/aromatic N) is 1. The molecule has 5 N–H and O–H groups in total. The first kappa shape index (κ1) is 11.0. The van der Waals surface area contributed by atoms with Gasteiger partial charge >= 0.3 is 6.18 Å². The van der Waals surface area contributed by atoms with Gasteiger partial charge in [-0.2, -0.15) is 13.2 Å². The SMILES string of the molecule is CC(O)(CN=C(N)N)C(F)(F)F. The van der Waals surface area contributed by atoms with Crippen molar-refractivity contribution in [3.8, 4) is 0 Å². The highest BCUT2D eigenvalue weighted by molar-refractivity contribution is 5.75. The van der Waals surface area contributed by atoms with E-state index in [-0.39, 0.29) is 0 Å². The third-order valence-corrected chi connectivity index (χ3v) is 1.18. The number of halogens is 3. The van der Waals surface area contributed by atoms with Crippen molar-refractivity contribution in [1.29, 1.82) is 0 Å². The molecule has 0 spiro atoms. The predicted octanol–water partition coefficient (Wildman–Crippen LogP) is -0.427. The summed E-state index contributed by atoms with van der Waals surface area (Å²) >= 11 is 0. The number of alkyl halides is 3. The molecule has 1 unspecified atom stereocenters. The number of guanidine groups is 1. The van der Waals surface area contributed by atoms with Crippen LogP contribution < -0.4 is 11.5 Å². The lowest BCUT2D eigenvalue weighted by Gasteiger charge is -2.23. The van der Waals surface area contributed by atoms with Crippen molar-refractivity contribution >= 4 is 5.96 Å². The van der Waals surface area contributed by atoms with E-state index >= 15 is 0 Å². The van der Waals surface area contributed by atoms with Crippen LogP contribution in [0, 0.1) is 0 Å². The van der Waals surface area contributed by atoms with Crippen LogP contribution in [0.25, 0.3) is 0 Å². The molecule has 0 rings (SSSR count). The molecule has 4 nitrogen and oxygen atoms in total. The van der Waals surface area contributed by atoms with Crippen LogP contribution in [0.4, 0.5) is 13.2 Å². The number of rotatable bonds is 2. The Morgan fingerprint density at radius 1 is 1.42 bits per heavy atom. The molecule has 1 atom stereocenters. The van der Waals surface area contributed by atoms with Gasteiger partial charge in [0, 0.05) is 0 Å². The lowest BCUT2D eigenvalue weighted by atomic mass is 10.1. The maximum Gasteiger partial charge on any atom is 0.418 e. The first-order chi connectivity index (χ1) is 5.17. The Balaban J connectivity index is 4.34. The van der Waals surface area contributed by atoms with Gasteiger partial charge in [-0.15, -0.1) is 0 Å². The number of aliphatic hydroxyl groups is 1. The van der Waals surface area contributed by atoms with E-state index in [2.05, 4.69) is 4.99 Å². The highest BCUT2D eigenvalue weighted by Crippen LogP contribution is 2.29. The van der Waals surface area contributed by atoms with Gasteiger partial charge in [0.2, 0.25) is 0 Å². The van der Waals surface area contributed by atoms with Gasteiger partial charge in [0.05, 0.1) is 6.54 Å². The Bertz CT molecular complexity index is 183. The van der Waals surface area contributed by atoms with Crippen LogP contribution in [-0.4, -0.2) is 29.4 Å². The molecule has 72 valence electrons. The highest BCUT2D eigenvalue weighted by atomic mass is 19.4. The molecule has 0 heterocycles. The van der Waals surface area contributed by atoms with Crippen LogP contribution >= 0.6 is 0 Å². The molecule has 0 radical (unpaired) electrons. The van der Waals surface area contributed by atoms with Crippen molar-refractivity contribution in [3.63, 3.8) is 0 Å². The monoisotopic (exact) mass is 185 g/mol. The maximum absolute atomic E-state index is 11.9. The molecule has 0 saturated heterocycles. The molecule has 0 aromatic heterocycles.